The minimum Gasteiger partial charge on any atom is -0.458 e. The smallest absolute Gasteiger partial charge is 0.362 e. The molecule has 0 amide bonds. The molecule has 0 N–H and O–H groups in total. The Balaban J connectivity index is 1.42. The van der Waals surface area contributed by atoms with Crippen LogP contribution in [-0.2, 0) is 14.3 Å². The lowest BCUT2D eigenvalue weighted by Gasteiger charge is -2.39. The highest BCUT2D eigenvalue weighted by Crippen LogP contribution is 2.66. The highest BCUT2D eigenvalue weighted by Gasteiger charge is 2.61. The predicted octanol–water partition coefficient (Wildman–Crippen LogP) is 4.17. The third-order valence-corrected chi connectivity index (χ3v) is 8.14. The van der Waals surface area contributed by atoms with E-state index >= 15 is 0 Å². The molecule has 3 atom stereocenters. The maximum atomic E-state index is 12.3. The van der Waals surface area contributed by atoms with Crippen LogP contribution in [0.3, 0.4) is 0 Å². The van der Waals surface area contributed by atoms with Gasteiger partial charge in [0.05, 0.1) is 26.8 Å². The summed E-state index contributed by atoms with van der Waals surface area (Å²) in [5.74, 6) is 0.764. The quantitative estimate of drug-likeness (QED) is 0.501. The molecule has 0 saturated heterocycles. The zero-order valence-corrected chi connectivity index (χ0v) is 17.7. The van der Waals surface area contributed by atoms with Crippen LogP contribution in [0.1, 0.15) is 72.1 Å². The molecule has 4 heteroatoms. The van der Waals surface area contributed by atoms with E-state index in [0.29, 0.717) is 28.0 Å². The first-order chi connectivity index (χ1) is 12.1. The van der Waals surface area contributed by atoms with Crippen LogP contribution < -0.4 is 0 Å². The average molecular weight is 367 g/mol. The molecular formula is C22H40NO3+. The van der Waals surface area contributed by atoms with Crippen LogP contribution in [0.25, 0.3) is 0 Å². The monoisotopic (exact) mass is 366 g/mol. The van der Waals surface area contributed by atoms with Gasteiger partial charge >= 0.3 is 5.97 Å². The molecule has 3 fully saturated rings. The van der Waals surface area contributed by atoms with Crippen molar-refractivity contribution in [3.05, 3.63) is 0 Å². The van der Waals surface area contributed by atoms with Crippen molar-refractivity contribution in [1.29, 1.82) is 0 Å². The molecular weight excluding hydrogens is 326 g/mol. The van der Waals surface area contributed by atoms with Gasteiger partial charge in [-0.3, -0.25) is 0 Å². The first-order valence-electron chi connectivity index (χ1n) is 10.8. The van der Waals surface area contributed by atoms with Crippen molar-refractivity contribution in [2.45, 2.75) is 84.3 Å². The van der Waals surface area contributed by atoms with Gasteiger partial charge in [0.15, 0.2) is 6.54 Å². The van der Waals surface area contributed by atoms with E-state index in [1.165, 1.54) is 38.5 Å². The van der Waals surface area contributed by atoms with Gasteiger partial charge in [0.1, 0.15) is 12.6 Å². The number of esters is 1. The summed E-state index contributed by atoms with van der Waals surface area (Å²) in [6.45, 7) is 9.30. The predicted molar refractivity (Wildman–Crippen MR) is 104 cm³/mol. The van der Waals surface area contributed by atoms with Crippen molar-refractivity contribution in [2.24, 2.45) is 16.7 Å². The van der Waals surface area contributed by atoms with E-state index in [2.05, 4.69) is 34.9 Å². The first kappa shape index (κ1) is 20.1. The van der Waals surface area contributed by atoms with Crippen LogP contribution in [0.15, 0.2) is 0 Å². The maximum absolute atomic E-state index is 12.3. The standard InChI is InChI=1S/C22H40NO3/c1-21(2)17-11-12-22(21,3)19(15-17)25-14-13-23(4,5)16-20(24)26-18-9-7-6-8-10-18/h17-19H,6-16H2,1-5H3/q+1/t17-,19-,22+/m0/s1. The molecule has 0 aromatic heterocycles. The molecule has 4 nitrogen and oxygen atoms in total. The number of ether oxygens (including phenoxy) is 2. The summed E-state index contributed by atoms with van der Waals surface area (Å²) < 4.78 is 12.7. The largest absolute Gasteiger partial charge is 0.458 e. The summed E-state index contributed by atoms with van der Waals surface area (Å²) in [5, 5.41) is 0. The number of carbonyl (C=O) groups is 1. The molecule has 0 aliphatic heterocycles. The Morgan fingerprint density at radius 1 is 1.08 bits per heavy atom. The molecule has 0 unspecified atom stereocenters. The Bertz CT molecular complexity index is 510. The van der Waals surface area contributed by atoms with Gasteiger partial charge in [0.2, 0.25) is 0 Å². The third-order valence-electron chi connectivity index (χ3n) is 8.14. The van der Waals surface area contributed by atoms with Gasteiger partial charge in [-0.25, -0.2) is 4.79 Å². The van der Waals surface area contributed by atoms with Crippen molar-refractivity contribution in [1.82, 2.24) is 0 Å². The second-order valence-electron chi connectivity index (χ2n) is 10.5. The highest BCUT2D eigenvalue weighted by molar-refractivity contribution is 5.70. The molecule has 0 aromatic carbocycles. The normalized spacial score (nSPS) is 34.2. The van der Waals surface area contributed by atoms with E-state index < -0.39 is 0 Å². The Morgan fingerprint density at radius 2 is 1.77 bits per heavy atom. The number of hydrogen-bond donors (Lipinski definition) is 0. The zero-order valence-electron chi connectivity index (χ0n) is 17.7. The molecule has 26 heavy (non-hydrogen) atoms. The fourth-order valence-corrected chi connectivity index (χ4v) is 5.66. The fraction of sp³-hybridized carbons (Fsp3) is 0.955. The van der Waals surface area contributed by atoms with Crippen molar-refractivity contribution >= 4 is 5.97 Å². The molecule has 3 rings (SSSR count). The number of rotatable bonds is 7. The summed E-state index contributed by atoms with van der Waals surface area (Å²) in [4.78, 5) is 12.3. The molecule has 150 valence electrons. The minimum absolute atomic E-state index is 0.0464. The molecule has 0 radical (unpaired) electrons. The van der Waals surface area contributed by atoms with Gasteiger partial charge in [-0.15, -0.1) is 0 Å². The molecule has 2 bridgehead atoms. The van der Waals surface area contributed by atoms with E-state index in [1.54, 1.807) is 0 Å². The van der Waals surface area contributed by atoms with Gasteiger partial charge < -0.3 is 14.0 Å². The number of likely N-dealkylation sites (N-methyl/N-ethyl adjacent to an activating group) is 1. The van der Waals surface area contributed by atoms with Crippen LogP contribution >= 0.6 is 0 Å². The molecule has 0 aromatic rings. The number of nitrogens with zero attached hydrogens (tertiary/aromatic N) is 1. The van der Waals surface area contributed by atoms with E-state index in [1.807, 2.05) is 0 Å². The second kappa shape index (κ2) is 7.43. The number of hydrogen-bond acceptors (Lipinski definition) is 3. The minimum atomic E-state index is -0.0464. The average Bonchev–Trinajstić information content (AvgIpc) is 2.88. The third kappa shape index (κ3) is 3.96. The van der Waals surface area contributed by atoms with E-state index in [4.69, 9.17) is 9.47 Å². The van der Waals surface area contributed by atoms with Crippen LogP contribution in [0.5, 0.6) is 0 Å². The maximum Gasteiger partial charge on any atom is 0.362 e. The van der Waals surface area contributed by atoms with Crippen molar-refractivity contribution in [3.63, 3.8) is 0 Å². The lowest BCUT2D eigenvalue weighted by molar-refractivity contribution is -0.883. The Hall–Kier alpha value is -0.610. The number of carbonyl (C=O) groups excluding carboxylic acids is 1. The SMILES string of the molecule is CC1(C)[C@H]2CC[C@]1(C)[C@@H](OCC[N+](C)(C)CC(=O)OC1CCCCC1)C2. The van der Waals surface area contributed by atoms with E-state index in [9.17, 15) is 4.79 Å². The Kier molecular flexibility index (Phi) is 5.75. The highest BCUT2D eigenvalue weighted by atomic mass is 16.5. The van der Waals surface area contributed by atoms with Crippen LogP contribution in [0, 0.1) is 16.7 Å². The van der Waals surface area contributed by atoms with Gasteiger partial charge in [0, 0.05) is 0 Å². The summed E-state index contributed by atoms with van der Waals surface area (Å²) in [6.07, 6.45) is 10.2. The van der Waals surface area contributed by atoms with Gasteiger partial charge in [-0.2, -0.15) is 0 Å². The number of quaternary nitrogens is 1. The van der Waals surface area contributed by atoms with Crippen LogP contribution in [0.2, 0.25) is 0 Å². The lowest BCUT2D eigenvalue weighted by Crippen LogP contribution is -2.48. The molecule has 3 aliphatic carbocycles. The van der Waals surface area contributed by atoms with Gasteiger partial charge in [-0.1, -0.05) is 27.2 Å². The summed E-state index contributed by atoms with van der Waals surface area (Å²) in [5.41, 5.74) is 0.709. The summed E-state index contributed by atoms with van der Waals surface area (Å²) >= 11 is 0. The van der Waals surface area contributed by atoms with Crippen molar-refractivity contribution in [3.8, 4) is 0 Å². The molecule has 3 aliphatic rings. The lowest BCUT2D eigenvalue weighted by atomic mass is 9.70. The van der Waals surface area contributed by atoms with Gasteiger partial charge in [-0.05, 0) is 61.7 Å². The number of fused-ring (bicyclic) bond motifs is 2. The summed E-state index contributed by atoms with van der Waals surface area (Å²) in [6, 6.07) is 0. The summed E-state index contributed by atoms with van der Waals surface area (Å²) in [7, 11) is 4.22. The van der Waals surface area contributed by atoms with E-state index in [-0.39, 0.29) is 12.1 Å². The topological polar surface area (TPSA) is 35.5 Å². The fourth-order valence-electron chi connectivity index (χ4n) is 5.66. The van der Waals surface area contributed by atoms with E-state index in [0.717, 1.165) is 31.9 Å². The van der Waals surface area contributed by atoms with Gasteiger partial charge in [0.25, 0.3) is 0 Å². The second-order valence-corrected chi connectivity index (χ2v) is 10.5. The van der Waals surface area contributed by atoms with Crippen LogP contribution in [0.4, 0.5) is 0 Å². The zero-order chi connectivity index (χ0) is 19.0. The molecule has 0 heterocycles. The Morgan fingerprint density at radius 3 is 2.35 bits per heavy atom. The van der Waals surface area contributed by atoms with Crippen LogP contribution in [-0.4, -0.2) is 56.5 Å². The molecule has 0 spiro atoms. The molecule has 3 saturated carbocycles. The first-order valence-corrected chi connectivity index (χ1v) is 10.8. The van der Waals surface area contributed by atoms with Crippen molar-refractivity contribution < 1.29 is 18.8 Å². The Labute approximate surface area is 160 Å². The van der Waals surface area contributed by atoms with Crippen molar-refractivity contribution in [2.75, 3.05) is 33.8 Å².